The molecular weight excluding hydrogens is 378 g/mol. The van der Waals surface area contributed by atoms with Gasteiger partial charge in [-0.1, -0.05) is 23.7 Å². The molecule has 3 aromatic rings. The average molecular weight is 401 g/mol. The molecule has 4 rings (SSSR count). The van der Waals surface area contributed by atoms with Crippen molar-refractivity contribution in [2.45, 2.75) is 13.0 Å². The van der Waals surface area contributed by atoms with Gasteiger partial charge in [0, 0.05) is 5.69 Å². The molecule has 1 atom stereocenters. The van der Waals surface area contributed by atoms with Gasteiger partial charge in [0.1, 0.15) is 0 Å². The van der Waals surface area contributed by atoms with Crippen molar-refractivity contribution < 1.29 is 9.69 Å². The highest BCUT2D eigenvalue weighted by Crippen LogP contribution is 2.24. The Morgan fingerprint density at radius 2 is 1.86 bits per heavy atom. The molecule has 1 amide bonds. The minimum absolute atomic E-state index is 0.0292. The summed E-state index contributed by atoms with van der Waals surface area (Å²) in [5, 5.41) is 3.72. The predicted octanol–water partition coefficient (Wildman–Crippen LogP) is 1.24. The van der Waals surface area contributed by atoms with Crippen molar-refractivity contribution in [1.29, 1.82) is 0 Å². The molecule has 4 N–H and O–H groups in total. The molecule has 28 heavy (non-hydrogen) atoms. The van der Waals surface area contributed by atoms with Gasteiger partial charge in [0.05, 0.1) is 47.9 Å². The van der Waals surface area contributed by atoms with Gasteiger partial charge >= 0.3 is 5.69 Å². The number of hydrogen-bond acceptors (Lipinski definition) is 3. The van der Waals surface area contributed by atoms with Crippen molar-refractivity contribution in [3.8, 4) is 0 Å². The highest BCUT2D eigenvalue weighted by atomic mass is 35.5. The van der Waals surface area contributed by atoms with Crippen molar-refractivity contribution in [1.82, 2.24) is 9.97 Å². The van der Waals surface area contributed by atoms with Crippen LogP contribution in [0.2, 0.25) is 5.02 Å². The number of nitrogens with zero attached hydrogens (tertiary/aromatic N) is 1. The molecule has 146 valence electrons. The Kier molecular flexibility index (Phi) is 5.11. The molecule has 0 bridgehead atoms. The number of anilines is 2. The lowest BCUT2D eigenvalue weighted by Gasteiger charge is -2.36. The van der Waals surface area contributed by atoms with Crippen LogP contribution in [0.1, 0.15) is 6.92 Å². The van der Waals surface area contributed by atoms with Crippen molar-refractivity contribution in [2.75, 3.05) is 36.4 Å². The number of nitrogens with one attached hydrogen (secondary N) is 4. The molecule has 7 nitrogen and oxygen atoms in total. The minimum Gasteiger partial charge on any atom is -0.359 e. The number of piperazine rings is 1. The van der Waals surface area contributed by atoms with Crippen LogP contribution in [0.5, 0.6) is 0 Å². The third-order valence-electron chi connectivity index (χ3n) is 5.39. The standard InChI is InChI=1S/C20H22ClN5O2/c1-13(19(27)22-14-6-7-16-17(12-14)24-20(28)23-16)25-8-10-26(11-9-25)18-5-3-2-4-15(18)21/h2-7,12-13H,8-11H2,1H3,(H,22,27)(H2,23,24,28)/p+1/t13-/m0/s1. The summed E-state index contributed by atoms with van der Waals surface area (Å²) in [5.41, 5.74) is 2.86. The molecule has 2 aromatic carbocycles. The summed E-state index contributed by atoms with van der Waals surface area (Å²) in [5.74, 6) is -0.0292. The lowest BCUT2D eigenvalue weighted by Crippen LogP contribution is -3.19. The minimum atomic E-state index is -0.257. The maximum absolute atomic E-state index is 12.7. The summed E-state index contributed by atoms with van der Waals surface area (Å²) in [6, 6.07) is 13.0. The largest absolute Gasteiger partial charge is 0.359 e. The number of carbonyl (C=O) groups excluding carboxylic acids is 1. The summed E-state index contributed by atoms with van der Waals surface area (Å²) in [7, 11) is 0. The van der Waals surface area contributed by atoms with Crippen molar-refractivity contribution in [3.05, 3.63) is 58.0 Å². The van der Waals surface area contributed by atoms with Crippen LogP contribution in [0.4, 0.5) is 11.4 Å². The Hall–Kier alpha value is -2.77. The number of aromatic amines is 2. The molecular formula is C20H23ClN5O2+. The molecule has 0 unspecified atom stereocenters. The smallest absolute Gasteiger partial charge is 0.323 e. The second-order valence-electron chi connectivity index (χ2n) is 7.15. The van der Waals surface area contributed by atoms with Crippen molar-refractivity contribution >= 4 is 39.9 Å². The number of fused-ring (bicyclic) bond motifs is 1. The number of H-pyrrole nitrogens is 2. The second-order valence-corrected chi connectivity index (χ2v) is 7.55. The number of amides is 1. The summed E-state index contributed by atoms with van der Waals surface area (Å²) < 4.78 is 0. The van der Waals surface area contributed by atoms with Gasteiger partial charge in [-0.2, -0.15) is 0 Å². The van der Waals surface area contributed by atoms with Crippen LogP contribution < -0.4 is 20.8 Å². The molecule has 2 heterocycles. The van der Waals surface area contributed by atoms with E-state index >= 15 is 0 Å². The molecule has 1 aromatic heterocycles. The Labute approximate surface area is 167 Å². The maximum atomic E-state index is 12.7. The fourth-order valence-corrected chi connectivity index (χ4v) is 3.98. The first-order valence-corrected chi connectivity index (χ1v) is 9.76. The third kappa shape index (κ3) is 3.76. The second kappa shape index (κ2) is 7.69. The number of quaternary nitrogens is 1. The number of benzene rings is 2. The molecule has 0 aliphatic carbocycles. The van der Waals surface area contributed by atoms with E-state index in [0.29, 0.717) is 11.2 Å². The fraction of sp³-hybridized carbons (Fsp3) is 0.300. The van der Waals surface area contributed by atoms with Crippen LogP contribution in [-0.4, -0.2) is 48.1 Å². The zero-order valence-corrected chi connectivity index (χ0v) is 16.3. The van der Waals surface area contributed by atoms with E-state index in [-0.39, 0.29) is 17.6 Å². The predicted molar refractivity (Wildman–Crippen MR) is 111 cm³/mol. The van der Waals surface area contributed by atoms with E-state index in [1.54, 1.807) is 18.2 Å². The Balaban J connectivity index is 1.37. The van der Waals surface area contributed by atoms with E-state index in [1.165, 1.54) is 4.90 Å². The van der Waals surface area contributed by atoms with Gasteiger partial charge in [0.15, 0.2) is 6.04 Å². The highest BCUT2D eigenvalue weighted by Gasteiger charge is 2.29. The molecule has 1 saturated heterocycles. The zero-order valence-electron chi connectivity index (χ0n) is 15.6. The normalized spacial score (nSPS) is 16.3. The molecule has 1 fully saturated rings. The number of imidazole rings is 1. The number of para-hydroxylation sites is 1. The quantitative estimate of drug-likeness (QED) is 0.531. The highest BCUT2D eigenvalue weighted by molar-refractivity contribution is 6.33. The third-order valence-corrected chi connectivity index (χ3v) is 5.71. The monoisotopic (exact) mass is 400 g/mol. The van der Waals surface area contributed by atoms with Gasteiger partial charge in [-0.3, -0.25) is 4.79 Å². The summed E-state index contributed by atoms with van der Waals surface area (Å²) in [4.78, 5) is 33.0. The lowest BCUT2D eigenvalue weighted by molar-refractivity contribution is -0.914. The van der Waals surface area contributed by atoms with E-state index in [4.69, 9.17) is 11.6 Å². The Morgan fingerprint density at radius 1 is 1.14 bits per heavy atom. The van der Waals surface area contributed by atoms with Crippen molar-refractivity contribution in [3.63, 3.8) is 0 Å². The zero-order chi connectivity index (χ0) is 19.7. The molecule has 1 aliphatic rings. The number of halogens is 1. The van der Waals surface area contributed by atoms with E-state index in [1.807, 2.05) is 31.2 Å². The van der Waals surface area contributed by atoms with Gasteiger partial charge in [0.25, 0.3) is 5.91 Å². The summed E-state index contributed by atoms with van der Waals surface area (Å²) >= 11 is 6.30. The van der Waals surface area contributed by atoms with Crippen LogP contribution in [0.3, 0.4) is 0 Å². The Bertz CT molecular complexity index is 1050. The van der Waals surface area contributed by atoms with E-state index in [9.17, 15) is 9.59 Å². The lowest BCUT2D eigenvalue weighted by atomic mass is 10.2. The van der Waals surface area contributed by atoms with Gasteiger partial charge in [0.2, 0.25) is 0 Å². The fourth-order valence-electron chi connectivity index (χ4n) is 3.72. The first-order chi connectivity index (χ1) is 13.5. The van der Waals surface area contributed by atoms with Crippen LogP contribution in [-0.2, 0) is 4.79 Å². The summed E-state index contributed by atoms with van der Waals surface area (Å²) in [6.45, 7) is 5.39. The molecule has 1 aliphatic heterocycles. The summed E-state index contributed by atoms with van der Waals surface area (Å²) in [6.07, 6.45) is 0. The molecule has 0 spiro atoms. The van der Waals surface area contributed by atoms with Crippen LogP contribution in [0.15, 0.2) is 47.3 Å². The SMILES string of the molecule is C[C@@H](C(=O)Nc1ccc2[nH]c(=O)[nH]c2c1)[NH+]1CCN(c2ccccc2Cl)CC1. The van der Waals surface area contributed by atoms with Crippen LogP contribution in [0, 0.1) is 0 Å². The number of carbonyl (C=O) groups is 1. The first kappa shape index (κ1) is 18.6. The van der Waals surface area contributed by atoms with Gasteiger partial charge in [-0.25, -0.2) is 4.79 Å². The Morgan fingerprint density at radius 3 is 2.61 bits per heavy atom. The number of rotatable bonds is 4. The number of hydrogen-bond donors (Lipinski definition) is 4. The number of aromatic nitrogens is 2. The molecule has 0 saturated carbocycles. The van der Waals surface area contributed by atoms with Gasteiger partial charge < -0.3 is 25.1 Å². The van der Waals surface area contributed by atoms with E-state index in [0.717, 1.165) is 42.4 Å². The molecule has 8 heteroatoms. The topological polar surface area (TPSA) is 85.4 Å². The van der Waals surface area contributed by atoms with E-state index in [2.05, 4.69) is 20.2 Å². The van der Waals surface area contributed by atoms with Crippen LogP contribution >= 0.6 is 11.6 Å². The van der Waals surface area contributed by atoms with Crippen molar-refractivity contribution in [2.24, 2.45) is 0 Å². The van der Waals surface area contributed by atoms with E-state index < -0.39 is 0 Å². The van der Waals surface area contributed by atoms with Gasteiger partial charge in [-0.05, 0) is 37.3 Å². The van der Waals surface area contributed by atoms with Gasteiger partial charge in [-0.15, -0.1) is 0 Å². The van der Waals surface area contributed by atoms with Crippen LogP contribution in [0.25, 0.3) is 11.0 Å². The maximum Gasteiger partial charge on any atom is 0.323 e. The first-order valence-electron chi connectivity index (χ1n) is 9.38. The average Bonchev–Trinajstić information content (AvgIpc) is 3.07. The molecule has 0 radical (unpaired) electrons.